The highest BCUT2D eigenvalue weighted by molar-refractivity contribution is 7.90. The van der Waals surface area contributed by atoms with E-state index in [0.717, 1.165) is 29.7 Å². The van der Waals surface area contributed by atoms with Gasteiger partial charge in [0.25, 0.3) is 10.0 Å². The highest BCUT2D eigenvalue weighted by atomic mass is 32.2. The number of rotatable bonds is 3. The van der Waals surface area contributed by atoms with E-state index in [0.29, 0.717) is 23.4 Å². The Morgan fingerprint density at radius 3 is 2.48 bits per heavy atom. The van der Waals surface area contributed by atoms with Gasteiger partial charge in [0, 0.05) is 17.1 Å². The van der Waals surface area contributed by atoms with Crippen LogP contribution >= 0.6 is 0 Å². The Morgan fingerprint density at radius 2 is 1.81 bits per heavy atom. The molecule has 0 aliphatic heterocycles. The molecule has 0 N–H and O–H groups in total. The van der Waals surface area contributed by atoms with Crippen molar-refractivity contribution in [3.63, 3.8) is 0 Å². The van der Waals surface area contributed by atoms with Crippen molar-refractivity contribution in [3.8, 4) is 0 Å². The predicted octanol–water partition coefficient (Wildman–Crippen LogP) is 3.74. The summed E-state index contributed by atoms with van der Waals surface area (Å²) in [5.41, 5.74) is 3.30. The number of likely N-dealkylation sites (N-methyl/N-ethyl adjacent to an activating group) is 1. The van der Waals surface area contributed by atoms with Crippen LogP contribution in [-0.2, 0) is 22.9 Å². The summed E-state index contributed by atoms with van der Waals surface area (Å²) in [7, 11) is 0.302. The van der Waals surface area contributed by atoms with Crippen LogP contribution in [0, 0.1) is 12.7 Å². The summed E-state index contributed by atoms with van der Waals surface area (Å²) in [6.45, 7) is 1.92. The monoisotopic (exact) mass is 386 g/mol. The minimum atomic E-state index is -3.75. The molecule has 1 aromatic heterocycles. The average Bonchev–Trinajstić information content (AvgIpc) is 2.95. The third-order valence-corrected chi connectivity index (χ3v) is 7.31. The minimum Gasteiger partial charge on any atom is -0.306 e. The fourth-order valence-electron chi connectivity index (χ4n) is 4.00. The summed E-state index contributed by atoms with van der Waals surface area (Å²) in [5.74, 6) is -0.345. The lowest BCUT2D eigenvalue weighted by Crippen LogP contribution is -2.34. The lowest BCUT2D eigenvalue weighted by molar-refractivity contribution is 0.267. The van der Waals surface area contributed by atoms with Gasteiger partial charge in [0.05, 0.1) is 10.4 Å². The van der Waals surface area contributed by atoms with Crippen molar-refractivity contribution in [1.29, 1.82) is 0 Å². The fourth-order valence-corrected chi connectivity index (χ4v) is 5.60. The average molecular weight is 386 g/mol. The van der Waals surface area contributed by atoms with Crippen molar-refractivity contribution in [3.05, 3.63) is 65.1 Å². The molecule has 6 heteroatoms. The van der Waals surface area contributed by atoms with E-state index >= 15 is 0 Å². The molecular formula is C21H23FN2O2S. The maximum absolute atomic E-state index is 14.0. The summed E-state index contributed by atoms with van der Waals surface area (Å²) in [5, 5.41) is 0.701. The minimum absolute atomic E-state index is 0.256. The third kappa shape index (κ3) is 2.97. The van der Waals surface area contributed by atoms with Gasteiger partial charge in [-0.3, -0.25) is 0 Å². The molecule has 0 spiro atoms. The second kappa shape index (κ2) is 6.46. The second-order valence-electron chi connectivity index (χ2n) is 7.53. The van der Waals surface area contributed by atoms with Crippen molar-refractivity contribution in [2.45, 2.75) is 37.1 Å². The van der Waals surface area contributed by atoms with Gasteiger partial charge in [-0.25, -0.2) is 16.8 Å². The van der Waals surface area contributed by atoms with Crippen LogP contribution in [0.3, 0.4) is 0 Å². The number of benzene rings is 2. The van der Waals surface area contributed by atoms with Crippen LogP contribution in [0.2, 0.25) is 0 Å². The highest BCUT2D eigenvalue weighted by Crippen LogP contribution is 2.36. The first kappa shape index (κ1) is 18.2. The van der Waals surface area contributed by atoms with Crippen LogP contribution in [-0.4, -0.2) is 37.4 Å². The molecule has 4 nitrogen and oxygen atoms in total. The summed E-state index contributed by atoms with van der Waals surface area (Å²) < 4.78 is 42.3. The molecule has 27 heavy (non-hydrogen) atoms. The molecule has 2 aromatic carbocycles. The molecule has 1 heterocycles. The first-order chi connectivity index (χ1) is 12.8. The Labute approximate surface area is 159 Å². The number of aryl methyl sites for hydroxylation is 1. The number of fused-ring (bicyclic) bond motifs is 3. The Morgan fingerprint density at radius 1 is 1.11 bits per heavy atom. The molecule has 3 aromatic rings. The lowest BCUT2D eigenvalue weighted by atomic mass is 9.91. The zero-order chi connectivity index (χ0) is 19.3. The summed E-state index contributed by atoms with van der Waals surface area (Å²) >= 11 is 0. The summed E-state index contributed by atoms with van der Waals surface area (Å²) in [4.78, 5) is 2.41. The first-order valence-corrected chi connectivity index (χ1v) is 10.5. The molecule has 0 saturated heterocycles. The Hall–Kier alpha value is -2.18. The van der Waals surface area contributed by atoms with Gasteiger partial charge in [-0.05, 0) is 76.2 Å². The number of halogens is 1. The number of aromatic nitrogens is 1. The number of hydrogen-bond acceptors (Lipinski definition) is 3. The van der Waals surface area contributed by atoms with Gasteiger partial charge >= 0.3 is 0 Å². The van der Waals surface area contributed by atoms with Gasteiger partial charge < -0.3 is 4.90 Å². The summed E-state index contributed by atoms with van der Waals surface area (Å²) in [6.07, 6.45) is 2.25. The fraction of sp³-hybridized carbons (Fsp3) is 0.333. The molecule has 0 saturated carbocycles. The van der Waals surface area contributed by atoms with E-state index in [4.69, 9.17) is 0 Å². The van der Waals surface area contributed by atoms with E-state index in [1.54, 1.807) is 30.3 Å². The topological polar surface area (TPSA) is 42.3 Å². The van der Waals surface area contributed by atoms with E-state index in [1.807, 2.05) is 21.0 Å². The smallest absolute Gasteiger partial charge is 0.268 e. The second-order valence-corrected chi connectivity index (χ2v) is 9.32. The molecule has 0 radical (unpaired) electrons. The number of nitrogens with zero attached hydrogens (tertiary/aromatic N) is 2. The van der Waals surface area contributed by atoms with E-state index in [2.05, 4.69) is 4.90 Å². The van der Waals surface area contributed by atoms with Crippen LogP contribution in [0.5, 0.6) is 0 Å². The SMILES string of the molecule is Cc1ccc(S(=O)(=O)n2c3c(c4cc(F)ccc42)CC(N(C)C)CC3)cc1. The molecule has 0 fully saturated rings. The maximum atomic E-state index is 14.0. The highest BCUT2D eigenvalue weighted by Gasteiger charge is 2.31. The molecular weight excluding hydrogens is 363 g/mol. The van der Waals surface area contributed by atoms with Crippen molar-refractivity contribution < 1.29 is 12.8 Å². The molecule has 4 rings (SSSR count). The quantitative estimate of drug-likeness (QED) is 0.689. The van der Waals surface area contributed by atoms with Crippen molar-refractivity contribution in [2.24, 2.45) is 0 Å². The Kier molecular flexibility index (Phi) is 4.35. The van der Waals surface area contributed by atoms with Crippen molar-refractivity contribution in [2.75, 3.05) is 14.1 Å². The normalized spacial score (nSPS) is 17.4. The third-order valence-electron chi connectivity index (χ3n) is 5.54. The van der Waals surface area contributed by atoms with E-state index < -0.39 is 10.0 Å². The van der Waals surface area contributed by atoms with Crippen LogP contribution in [0.1, 0.15) is 23.2 Å². The zero-order valence-electron chi connectivity index (χ0n) is 15.7. The molecule has 0 amide bonds. The van der Waals surface area contributed by atoms with E-state index in [-0.39, 0.29) is 10.7 Å². The van der Waals surface area contributed by atoms with Gasteiger partial charge in [0.15, 0.2) is 0 Å². The molecule has 1 unspecified atom stereocenters. The largest absolute Gasteiger partial charge is 0.306 e. The standard InChI is InChI=1S/C21H23FN2O2S/c1-14-4-8-17(9-5-14)27(25,26)24-20-10-6-15(22)12-18(20)19-13-16(23(2)3)7-11-21(19)24/h4-6,8-10,12,16H,7,11,13H2,1-3H3. The zero-order valence-corrected chi connectivity index (χ0v) is 16.6. The number of hydrogen-bond donors (Lipinski definition) is 0. The van der Waals surface area contributed by atoms with Gasteiger partial charge in [-0.15, -0.1) is 0 Å². The van der Waals surface area contributed by atoms with Crippen LogP contribution in [0.25, 0.3) is 10.9 Å². The predicted molar refractivity (Wildman–Crippen MR) is 105 cm³/mol. The first-order valence-electron chi connectivity index (χ1n) is 9.09. The molecule has 142 valence electrons. The Bertz CT molecular complexity index is 1120. The molecule has 1 aliphatic carbocycles. The maximum Gasteiger partial charge on any atom is 0.268 e. The van der Waals surface area contributed by atoms with Crippen LogP contribution in [0.15, 0.2) is 47.4 Å². The van der Waals surface area contributed by atoms with Crippen molar-refractivity contribution >= 4 is 20.9 Å². The van der Waals surface area contributed by atoms with Gasteiger partial charge in [0.1, 0.15) is 5.82 Å². The summed E-state index contributed by atoms with van der Waals surface area (Å²) in [6, 6.07) is 11.6. The van der Waals surface area contributed by atoms with Crippen LogP contribution in [0.4, 0.5) is 4.39 Å². The molecule has 1 aliphatic rings. The van der Waals surface area contributed by atoms with Crippen molar-refractivity contribution in [1.82, 2.24) is 8.87 Å². The van der Waals surface area contributed by atoms with E-state index in [1.165, 1.54) is 16.1 Å². The van der Waals surface area contributed by atoms with E-state index in [9.17, 15) is 12.8 Å². The molecule has 1 atom stereocenters. The van der Waals surface area contributed by atoms with Gasteiger partial charge in [0.2, 0.25) is 0 Å². The van der Waals surface area contributed by atoms with Crippen LogP contribution < -0.4 is 0 Å². The lowest BCUT2D eigenvalue weighted by Gasteiger charge is -2.29. The molecule has 0 bridgehead atoms. The van der Waals surface area contributed by atoms with Gasteiger partial charge in [-0.2, -0.15) is 0 Å². The Balaban J connectivity index is 1.98. The van der Waals surface area contributed by atoms with Gasteiger partial charge in [-0.1, -0.05) is 17.7 Å².